The van der Waals surface area contributed by atoms with E-state index < -0.39 is 5.60 Å². The lowest BCUT2D eigenvalue weighted by Crippen LogP contribution is -2.42. The Morgan fingerprint density at radius 3 is 1.96 bits per heavy atom. The van der Waals surface area contributed by atoms with Gasteiger partial charge in [-0.1, -0.05) is 51.9 Å². The van der Waals surface area contributed by atoms with Gasteiger partial charge >= 0.3 is 6.09 Å². The number of rotatable bonds is 10. The molecule has 4 nitrogen and oxygen atoms in total. The molecule has 0 bridgehead atoms. The van der Waals surface area contributed by atoms with Gasteiger partial charge in [0.1, 0.15) is 11.4 Å². The highest BCUT2D eigenvalue weighted by Crippen LogP contribution is 2.22. The molecule has 1 fully saturated rings. The normalized spacial score (nSPS) is 16.1. The van der Waals surface area contributed by atoms with Crippen LogP contribution in [0.1, 0.15) is 98.3 Å². The molecule has 1 aliphatic heterocycles. The van der Waals surface area contributed by atoms with E-state index in [0.717, 1.165) is 19.3 Å². The van der Waals surface area contributed by atoms with Crippen LogP contribution in [0.25, 0.3) is 0 Å². The molecule has 1 amide bonds. The first kappa shape index (κ1) is 22.0. The van der Waals surface area contributed by atoms with E-state index in [2.05, 4.69) is 6.92 Å². The minimum Gasteiger partial charge on any atom is -0.444 e. The van der Waals surface area contributed by atoms with Gasteiger partial charge in [0.15, 0.2) is 0 Å². The van der Waals surface area contributed by atoms with Crippen LogP contribution in [-0.4, -0.2) is 35.5 Å². The van der Waals surface area contributed by atoms with Gasteiger partial charge in [0.2, 0.25) is 0 Å². The summed E-state index contributed by atoms with van der Waals surface area (Å²) in [6.07, 6.45) is 12.1. The Balaban J connectivity index is 2.12. The first-order valence-electron chi connectivity index (χ1n) is 10.3. The summed E-state index contributed by atoms with van der Waals surface area (Å²) in [6.45, 7) is 9.16. The van der Waals surface area contributed by atoms with E-state index in [1.165, 1.54) is 44.9 Å². The Morgan fingerprint density at radius 1 is 0.920 bits per heavy atom. The number of carbonyl (C=O) groups excluding carboxylic acids is 2. The van der Waals surface area contributed by atoms with Crippen LogP contribution in [0, 0.1) is 5.92 Å². The fourth-order valence-electron chi connectivity index (χ4n) is 3.35. The van der Waals surface area contributed by atoms with E-state index in [1.807, 2.05) is 20.8 Å². The van der Waals surface area contributed by atoms with Crippen molar-refractivity contribution in [3.63, 3.8) is 0 Å². The molecule has 146 valence electrons. The number of hydrogen-bond acceptors (Lipinski definition) is 3. The summed E-state index contributed by atoms with van der Waals surface area (Å²) < 4.78 is 5.40. The summed E-state index contributed by atoms with van der Waals surface area (Å²) in [4.78, 5) is 26.1. The molecule has 0 aromatic rings. The van der Waals surface area contributed by atoms with Gasteiger partial charge in [0.05, 0.1) is 0 Å². The third-order valence-corrected chi connectivity index (χ3v) is 4.88. The SMILES string of the molecule is CCCCCCCCCCC(=O)C1CCN(C(=O)OC(C)(C)C)CC1. The average molecular weight is 354 g/mol. The maximum absolute atomic E-state index is 12.3. The highest BCUT2D eigenvalue weighted by atomic mass is 16.6. The number of ether oxygens (including phenoxy) is 1. The fraction of sp³-hybridized carbons (Fsp3) is 0.905. The summed E-state index contributed by atoms with van der Waals surface area (Å²) in [5.74, 6) is 0.540. The van der Waals surface area contributed by atoms with Crippen molar-refractivity contribution in [2.45, 2.75) is 104 Å². The van der Waals surface area contributed by atoms with Gasteiger partial charge in [-0.2, -0.15) is 0 Å². The smallest absolute Gasteiger partial charge is 0.410 e. The van der Waals surface area contributed by atoms with Crippen molar-refractivity contribution in [3.05, 3.63) is 0 Å². The number of Topliss-reactive ketones (excluding diaryl/α,β-unsaturated/α-hetero) is 1. The summed E-state index contributed by atoms with van der Waals surface area (Å²) in [7, 11) is 0. The van der Waals surface area contributed by atoms with Crippen molar-refractivity contribution >= 4 is 11.9 Å². The first-order chi connectivity index (χ1) is 11.8. The maximum atomic E-state index is 12.3. The second kappa shape index (κ2) is 11.5. The molecule has 4 heteroatoms. The molecule has 0 aliphatic carbocycles. The van der Waals surface area contributed by atoms with Crippen molar-refractivity contribution in [2.75, 3.05) is 13.1 Å². The highest BCUT2D eigenvalue weighted by Gasteiger charge is 2.29. The molecule has 1 saturated heterocycles. The maximum Gasteiger partial charge on any atom is 0.410 e. The Labute approximate surface area is 154 Å². The van der Waals surface area contributed by atoms with Crippen molar-refractivity contribution in [1.82, 2.24) is 4.90 Å². The Hall–Kier alpha value is -1.06. The van der Waals surface area contributed by atoms with Crippen LogP contribution in [0.2, 0.25) is 0 Å². The molecule has 0 radical (unpaired) electrons. The number of ketones is 1. The molecule has 1 rings (SSSR count). The van der Waals surface area contributed by atoms with E-state index in [0.29, 0.717) is 25.3 Å². The molecule has 0 aromatic carbocycles. The van der Waals surface area contributed by atoms with Gasteiger partial charge in [0, 0.05) is 25.4 Å². The zero-order valence-electron chi connectivity index (χ0n) is 16.9. The van der Waals surface area contributed by atoms with Crippen LogP contribution < -0.4 is 0 Å². The van der Waals surface area contributed by atoms with E-state index in [-0.39, 0.29) is 12.0 Å². The van der Waals surface area contributed by atoms with Crippen LogP contribution in [0.4, 0.5) is 4.79 Å². The molecular formula is C21H39NO3. The molecule has 0 N–H and O–H groups in total. The summed E-state index contributed by atoms with van der Waals surface area (Å²) in [5, 5.41) is 0. The number of nitrogens with zero attached hydrogens (tertiary/aromatic N) is 1. The number of carbonyl (C=O) groups is 2. The van der Waals surface area contributed by atoms with Crippen LogP contribution in [-0.2, 0) is 9.53 Å². The van der Waals surface area contributed by atoms with Crippen molar-refractivity contribution in [3.8, 4) is 0 Å². The van der Waals surface area contributed by atoms with E-state index in [1.54, 1.807) is 4.90 Å². The van der Waals surface area contributed by atoms with Gasteiger partial charge in [-0.15, -0.1) is 0 Å². The van der Waals surface area contributed by atoms with Crippen molar-refractivity contribution < 1.29 is 14.3 Å². The Bertz CT molecular complexity index is 392. The van der Waals surface area contributed by atoms with Gasteiger partial charge in [-0.3, -0.25) is 4.79 Å². The molecule has 1 heterocycles. The lowest BCUT2D eigenvalue weighted by Gasteiger charge is -2.33. The molecule has 0 spiro atoms. The molecule has 25 heavy (non-hydrogen) atoms. The lowest BCUT2D eigenvalue weighted by atomic mass is 9.90. The minimum absolute atomic E-state index is 0.142. The van der Waals surface area contributed by atoms with Crippen LogP contribution >= 0.6 is 0 Å². The minimum atomic E-state index is -0.458. The van der Waals surface area contributed by atoms with E-state index >= 15 is 0 Å². The zero-order chi connectivity index (χ0) is 18.7. The predicted molar refractivity (Wildman–Crippen MR) is 103 cm³/mol. The second-order valence-electron chi connectivity index (χ2n) is 8.43. The molecule has 1 aliphatic rings. The second-order valence-corrected chi connectivity index (χ2v) is 8.43. The van der Waals surface area contributed by atoms with Crippen LogP contribution in [0.3, 0.4) is 0 Å². The Morgan fingerprint density at radius 2 is 1.44 bits per heavy atom. The monoisotopic (exact) mass is 353 g/mol. The zero-order valence-corrected chi connectivity index (χ0v) is 16.9. The first-order valence-corrected chi connectivity index (χ1v) is 10.3. The largest absolute Gasteiger partial charge is 0.444 e. The van der Waals surface area contributed by atoms with E-state index in [4.69, 9.17) is 4.74 Å². The Kier molecular flexibility index (Phi) is 10.1. The third-order valence-electron chi connectivity index (χ3n) is 4.88. The van der Waals surface area contributed by atoms with Gasteiger partial charge < -0.3 is 9.64 Å². The standard InChI is InChI=1S/C21H39NO3/c1-5-6-7-8-9-10-11-12-13-19(23)18-14-16-22(17-15-18)20(24)25-21(2,3)4/h18H,5-17H2,1-4H3. The van der Waals surface area contributed by atoms with Gasteiger partial charge in [-0.25, -0.2) is 4.79 Å². The van der Waals surface area contributed by atoms with Gasteiger partial charge in [-0.05, 0) is 40.0 Å². The van der Waals surface area contributed by atoms with Crippen LogP contribution in [0.15, 0.2) is 0 Å². The number of piperidine rings is 1. The predicted octanol–water partition coefficient (Wildman–Crippen LogP) is 5.73. The topological polar surface area (TPSA) is 46.6 Å². The lowest BCUT2D eigenvalue weighted by molar-refractivity contribution is -0.124. The summed E-state index contributed by atoms with van der Waals surface area (Å²) in [6, 6.07) is 0. The van der Waals surface area contributed by atoms with Crippen molar-refractivity contribution in [1.29, 1.82) is 0 Å². The third kappa shape index (κ3) is 9.86. The number of unbranched alkanes of at least 4 members (excludes halogenated alkanes) is 7. The molecule has 0 atom stereocenters. The molecule has 0 aromatic heterocycles. The fourth-order valence-corrected chi connectivity index (χ4v) is 3.35. The molecule has 0 unspecified atom stereocenters. The summed E-state index contributed by atoms with van der Waals surface area (Å²) in [5.41, 5.74) is -0.458. The average Bonchev–Trinajstić information content (AvgIpc) is 2.55. The molecular weight excluding hydrogens is 314 g/mol. The summed E-state index contributed by atoms with van der Waals surface area (Å²) >= 11 is 0. The van der Waals surface area contributed by atoms with Gasteiger partial charge in [0.25, 0.3) is 0 Å². The van der Waals surface area contributed by atoms with E-state index in [9.17, 15) is 9.59 Å². The number of amides is 1. The quantitative estimate of drug-likeness (QED) is 0.471. The van der Waals surface area contributed by atoms with Crippen molar-refractivity contribution in [2.24, 2.45) is 5.92 Å². The number of likely N-dealkylation sites (tertiary alicyclic amines) is 1. The highest BCUT2D eigenvalue weighted by molar-refractivity contribution is 5.81. The number of hydrogen-bond donors (Lipinski definition) is 0. The molecule has 0 saturated carbocycles. The van der Waals surface area contributed by atoms with Crippen LogP contribution in [0.5, 0.6) is 0 Å².